The van der Waals surface area contributed by atoms with Crippen molar-refractivity contribution in [1.29, 1.82) is 0 Å². The van der Waals surface area contributed by atoms with E-state index in [2.05, 4.69) is 15.5 Å². The predicted molar refractivity (Wildman–Crippen MR) is 76.2 cm³/mol. The minimum atomic E-state index is -1.16. The lowest BCUT2D eigenvalue weighted by atomic mass is 10.1. The van der Waals surface area contributed by atoms with Gasteiger partial charge in [0.2, 0.25) is 0 Å². The maximum absolute atomic E-state index is 13.1. The van der Waals surface area contributed by atoms with E-state index in [-0.39, 0.29) is 37.9 Å². The number of aromatic hydroxyl groups is 1. The Bertz CT molecular complexity index is 446. The summed E-state index contributed by atoms with van der Waals surface area (Å²) in [6, 6.07) is 0. The Kier molecular flexibility index (Phi) is 8.78. The zero-order chi connectivity index (χ0) is 14.3. The maximum Gasteiger partial charge on any atom is 0.149 e. The molecule has 114 valence electrons. The SMILES string of the molecule is CNCC(F)CO/N=C/c1c(CO)cnc(C)c1O.Cl. The van der Waals surface area contributed by atoms with Crippen LogP contribution in [0.15, 0.2) is 11.4 Å². The van der Waals surface area contributed by atoms with Crippen LogP contribution < -0.4 is 5.32 Å². The van der Waals surface area contributed by atoms with Crippen LogP contribution >= 0.6 is 12.4 Å². The van der Waals surface area contributed by atoms with Crippen molar-refractivity contribution in [2.75, 3.05) is 20.2 Å². The van der Waals surface area contributed by atoms with Crippen molar-refractivity contribution in [3.63, 3.8) is 0 Å². The van der Waals surface area contributed by atoms with Gasteiger partial charge in [-0.25, -0.2) is 4.39 Å². The molecule has 0 saturated carbocycles. The standard InChI is InChI=1S/C12H18FN3O3.ClH/c1-8-12(18)11(9(6-17)3-15-8)5-16-19-7-10(13)4-14-2;/h3,5,10,14,17-18H,4,6-7H2,1-2H3;1H/b16-5+;. The molecular formula is C12H19ClFN3O3. The molecule has 0 spiro atoms. The van der Waals surface area contributed by atoms with E-state index >= 15 is 0 Å². The molecule has 1 unspecified atom stereocenters. The molecule has 1 aromatic heterocycles. The smallest absolute Gasteiger partial charge is 0.149 e. The second-order valence-electron chi connectivity index (χ2n) is 3.97. The summed E-state index contributed by atoms with van der Waals surface area (Å²) in [7, 11) is 1.64. The lowest BCUT2D eigenvalue weighted by Crippen LogP contribution is -2.23. The number of aliphatic hydroxyl groups excluding tert-OH is 1. The first-order valence-corrected chi connectivity index (χ1v) is 5.82. The Labute approximate surface area is 123 Å². The molecule has 1 heterocycles. The molecule has 0 fully saturated rings. The highest BCUT2D eigenvalue weighted by Gasteiger charge is 2.10. The van der Waals surface area contributed by atoms with Crippen LogP contribution in [0.1, 0.15) is 16.8 Å². The van der Waals surface area contributed by atoms with Crippen molar-refractivity contribution in [2.24, 2.45) is 5.16 Å². The zero-order valence-corrected chi connectivity index (χ0v) is 12.2. The third-order valence-corrected chi connectivity index (χ3v) is 2.47. The largest absolute Gasteiger partial charge is 0.505 e. The number of alkyl halides is 1. The van der Waals surface area contributed by atoms with Crippen molar-refractivity contribution in [3.05, 3.63) is 23.0 Å². The Morgan fingerprint density at radius 2 is 2.30 bits per heavy atom. The van der Waals surface area contributed by atoms with Crippen LogP contribution in [0, 0.1) is 6.92 Å². The number of oxime groups is 1. The van der Waals surface area contributed by atoms with Gasteiger partial charge in [-0.2, -0.15) is 0 Å². The fraction of sp³-hybridized carbons (Fsp3) is 0.500. The van der Waals surface area contributed by atoms with Crippen molar-refractivity contribution < 1.29 is 19.4 Å². The van der Waals surface area contributed by atoms with E-state index in [9.17, 15) is 9.50 Å². The number of nitrogens with zero attached hydrogens (tertiary/aromatic N) is 2. The van der Waals surface area contributed by atoms with E-state index in [1.165, 1.54) is 12.4 Å². The van der Waals surface area contributed by atoms with Crippen molar-refractivity contribution in [1.82, 2.24) is 10.3 Å². The minimum absolute atomic E-state index is 0. The first kappa shape index (κ1) is 18.6. The van der Waals surface area contributed by atoms with Gasteiger partial charge in [0.05, 0.1) is 18.5 Å². The fourth-order valence-electron chi connectivity index (χ4n) is 1.42. The first-order chi connectivity index (χ1) is 9.10. The number of aromatic nitrogens is 1. The Morgan fingerprint density at radius 1 is 1.60 bits per heavy atom. The topological polar surface area (TPSA) is 87.0 Å². The summed E-state index contributed by atoms with van der Waals surface area (Å²) in [4.78, 5) is 8.70. The number of halogens is 2. The molecule has 20 heavy (non-hydrogen) atoms. The molecule has 0 bridgehead atoms. The van der Waals surface area contributed by atoms with Crippen LogP contribution in [0.3, 0.4) is 0 Å². The monoisotopic (exact) mass is 307 g/mol. The highest BCUT2D eigenvalue weighted by atomic mass is 35.5. The van der Waals surface area contributed by atoms with Gasteiger partial charge in [0.25, 0.3) is 0 Å². The summed E-state index contributed by atoms with van der Waals surface area (Å²) < 4.78 is 13.1. The van der Waals surface area contributed by atoms with Crippen LogP contribution in [0.2, 0.25) is 0 Å². The number of nitrogens with one attached hydrogen (secondary N) is 1. The summed E-state index contributed by atoms with van der Waals surface area (Å²) in [5.74, 6) is -0.0778. The molecule has 1 aromatic rings. The quantitative estimate of drug-likeness (QED) is 0.515. The lowest BCUT2D eigenvalue weighted by Gasteiger charge is -2.07. The van der Waals surface area contributed by atoms with Crippen molar-refractivity contribution in [2.45, 2.75) is 19.7 Å². The molecule has 0 aromatic carbocycles. The number of hydrogen-bond acceptors (Lipinski definition) is 6. The van der Waals surface area contributed by atoms with Gasteiger partial charge in [0.1, 0.15) is 18.5 Å². The fourth-order valence-corrected chi connectivity index (χ4v) is 1.42. The Hall–Kier alpha value is -1.44. The van der Waals surface area contributed by atoms with Gasteiger partial charge in [0, 0.05) is 23.9 Å². The molecular weight excluding hydrogens is 289 g/mol. The molecule has 0 radical (unpaired) electrons. The summed E-state index contributed by atoms with van der Waals surface area (Å²) in [6.07, 6.45) is 1.52. The van der Waals surface area contributed by atoms with E-state index in [0.717, 1.165) is 0 Å². The van der Waals surface area contributed by atoms with Crippen molar-refractivity contribution in [3.8, 4) is 5.75 Å². The van der Waals surface area contributed by atoms with Gasteiger partial charge in [0.15, 0.2) is 0 Å². The van der Waals surface area contributed by atoms with Gasteiger partial charge in [-0.1, -0.05) is 5.16 Å². The van der Waals surface area contributed by atoms with Gasteiger partial charge in [-0.05, 0) is 14.0 Å². The predicted octanol–water partition coefficient (Wildman–Crippen LogP) is 0.918. The highest BCUT2D eigenvalue weighted by molar-refractivity contribution is 5.85. The molecule has 6 nitrogen and oxygen atoms in total. The number of pyridine rings is 1. The molecule has 0 aliphatic carbocycles. The van der Waals surface area contributed by atoms with Gasteiger partial charge >= 0.3 is 0 Å². The van der Waals surface area contributed by atoms with Crippen LogP contribution in [-0.2, 0) is 11.4 Å². The summed E-state index contributed by atoms with van der Waals surface area (Å²) >= 11 is 0. The average molecular weight is 308 g/mol. The average Bonchev–Trinajstić information content (AvgIpc) is 2.39. The molecule has 8 heteroatoms. The number of hydrogen-bond donors (Lipinski definition) is 3. The van der Waals surface area contributed by atoms with Crippen LogP contribution in [0.5, 0.6) is 5.75 Å². The molecule has 0 saturated heterocycles. The van der Waals surface area contributed by atoms with E-state index in [4.69, 9.17) is 9.94 Å². The van der Waals surface area contributed by atoms with Crippen molar-refractivity contribution >= 4 is 18.6 Å². The molecule has 3 N–H and O–H groups in total. The van der Waals surface area contributed by atoms with Crippen LogP contribution in [0.4, 0.5) is 4.39 Å². The van der Waals surface area contributed by atoms with Crippen LogP contribution in [0.25, 0.3) is 0 Å². The lowest BCUT2D eigenvalue weighted by molar-refractivity contribution is 0.0881. The number of aliphatic hydroxyl groups is 1. The molecule has 1 rings (SSSR count). The summed E-state index contributed by atoms with van der Waals surface area (Å²) in [5, 5.41) is 25.2. The van der Waals surface area contributed by atoms with Crippen LogP contribution in [-0.4, -0.2) is 47.8 Å². The molecule has 0 aliphatic rings. The Balaban J connectivity index is 0.00000361. The molecule has 0 aliphatic heterocycles. The summed E-state index contributed by atoms with van der Waals surface area (Å²) in [5.41, 5.74) is 1.15. The maximum atomic E-state index is 13.1. The van der Waals surface area contributed by atoms with E-state index < -0.39 is 6.17 Å². The van der Waals surface area contributed by atoms with Gasteiger partial charge in [-0.15, -0.1) is 12.4 Å². The van der Waals surface area contributed by atoms with E-state index in [1.54, 1.807) is 14.0 Å². The second-order valence-corrected chi connectivity index (χ2v) is 3.97. The third kappa shape index (κ3) is 5.28. The number of rotatable bonds is 7. The van der Waals surface area contributed by atoms with E-state index in [0.29, 0.717) is 16.8 Å². The highest BCUT2D eigenvalue weighted by Crippen LogP contribution is 2.21. The number of aryl methyl sites for hydroxylation is 1. The summed E-state index contributed by atoms with van der Waals surface area (Å²) in [6.45, 7) is 1.33. The molecule has 1 atom stereocenters. The first-order valence-electron chi connectivity index (χ1n) is 5.82. The second kappa shape index (κ2) is 9.46. The van der Waals surface area contributed by atoms with Gasteiger partial charge in [-0.3, -0.25) is 4.98 Å². The normalized spacial score (nSPS) is 12.2. The zero-order valence-electron chi connectivity index (χ0n) is 11.3. The molecule has 0 amide bonds. The Morgan fingerprint density at radius 3 is 2.90 bits per heavy atom. The minimum Gasteiger partial charge on any atom is -0.505 e. The third-order valence-electron chi connectivity index (χ3n) is 2.47. The van der Waals surface area contributed by atoms with Gasteiger partial charge < -0.3 is 20.4 Å². The van der Waals surface area contributed by atoms with E-state index in [1.807, 2.05) is 0 Å².